The Morgan fingerprint density at radius 2 is 2.03 bits per heavy atom. The van der Waals surface area contributed by atoms with E-state index < -0.39 is 0 Å². The van der Waals surface area contributed by atoms with Crippen LogP contribution in [0.3, 0.4) is 0 Å². The number of amides is 1. The van der Waals surface area contributed by atoms with Crippen LogP contribution >= 0.6 is 23.6 Å². The van der Waals surface area contributed by atoms with Gasteiger partial charge in [-0.1, -0.05) is 13.8 Å². The number of carbonyl (C=O) groups excluding carboxylic acids is 1. The highest BCUT2D eigenvalue weighted by molar-refractivity contribution is 7.71. The smallest absolute Gasteiger partial charge is 0.415 e. The molecule has 4 rings (SSSR count). The summed E-state index contributed by atoms with van der Waals surface area (Å²) in [5.41, 5.74) is 3.65. The molecule has 2 N–H and O–H groups in total. The lowest BCUT2D eigenvalue weighted by Crippen LogP contribution is -2.49. The molecule has 3 aromatic rings. The molecule has 1 saturated heterocycles. The van der Waals surface area contributed by atoms with Crippen molar-refractivity contribution in [2.45, 2.75) is 33.1 Å². The first-order valence-electron chi connectivity index (χ1n) is 10.9. The molecule has 0 bridgehead atoms. The van der Waals surface area contributed by atoms with Crippen molar-refractivity contribution in [1.29, 1.82) is 0 Å². The predicted octanol–water partition coefficient (Wildman–Crippen LogP) is 3.88. The molecule has 0 spiro atoms. The number of rotatable bonds is 6. The Balaban J connectivity index is 1.31. The van der Waals surface area contributed by atoms with Gasteiger partial charge >= 0.3 is 6.09 Å². The van der Waals surface area contributed by atoms with Gasteiger partial charge in [-0.3, -0.25) is 4.90 Å². The average molecular weight is 489 g/mol. The second kappa shape index (κ2) is 10.0. The highest BCUT2D eigenvalue weighted by Gasteiger charge is 2.23. The normalized spacial score (nSPS) is 14.7. The maximum atomic E-state index is 12.6. The van der Waals surface area contributed by atoms with Gasteiger partial charge < -0.3 is 19.7 Å². The van der Waals surface area contributed by atoms with E-state index >= 15 is 0 Å². The zero-order chi connectivity index (χ0) is 23.5. The third-order valence-corrected chi connectivity index (χ3v) is 7.04. The van der Waals surface area contributed by atoms with Gasteiger partial charge in [-0.15, -0.1) is 11.3 Å². The van der Waals surface area contributed by atoms with Gasteiger partial charge in [-0.05, 0) is 43.6 Å². The monoisotopic (exact) mass is 488 g/mol. The van der Waals surface area contributed by atoms with E-state index in [1.807, 2.05) is 26.3 Å². The molecule has 0 saturated carbocycles. The number of pyridine rings is 1. The van der Waals surface area contributed by atoms with Gasteiger partial charge in [-0.2, -0.15) is 0 Å². The molecule has 1 aliphatic rings. The number of carbonyl (C=O) groups is 1. The van der Waals surface area contributed by atoms with E-state index in [1.54, 1.807) is 28.4 Å². The van der Waals surface area contributed by atoms with Crippen LogP contribution in [0, 0.1) is 11.7 Å². The number of aromatic amines is 1. The summed E-state index contributed by atoms with van der Waals surface area (Å²) in [6.07, 6.45) is 2.06. The second-order valence-electron chi connectivity index (χ2n) is 8.32. The summed E-state index contributed by atoms with van der Waals surface area (Å²) in [5.74, 6) is 0.920. The Morgan fingerprint density at radius 3 is 2.61 bits per heavy atom. The zero-order valence-electron chi connectivity index (χ0n) is 18.9. The molecule has 4 heterocycles. The molecule has 1 aliphatic heterocycles. The predicted molar refractivity (Wildman–Crippen MR) is 129 cm³/mol. The topological polar surface area (TPSA) is 99.5 Å². The van der Waals surface area contributed by atoms with E-state index in [0.717, 1.165) is 31.7 Å². The maximum absolute atomic E-state index is 12.6. The molecule has 0 aromatic carbocycles. The molecule has 0 aliphatic carbocycles. The quantitative estimate of drug-likeness (QED) is 0.508. The number of H-pyrrole nitrogens is 1. The Labute approximate surface area is 201 Å². The van der Waals surface area contributed by atoms with E-state index in [1.165, 1.54) is 15.6 Å². The summed E-state index contributed by atoms with van der Waals surface area (Å²) in [4.78, 5) is 29.6. The van der Waals surface area contributed by atoms with Crippen molar-refractivity contribution >= 4 is 29.6 Å². The first-order valence-corrected chi connectivity index (χ1v) is 12.2. The number of nitrogens with zero attached hydrogens (tertiary/aromatic N) is 5. The number of thiazole rings is 1. The van der Waals surface area contributed by atoms with Crippen LogP contribution in [0.4, 0.5) is 4.79 Å². The van der Waals surface area contributed by atoms with E-state index in [2.05, 4.69) is 19.9 Å². The molecule has 0 radical (unpaired) electrons. The summed E-state index contributed by atoms with van der Waals surface area (Å²) in [7, 11) is 0. The van der Waals surface area contributed by atoms with Crippen molar-refractivity contribution in [1.82, 2.24) is 29.3 Å². The largest absolute Gasteiger partial charge is 0.493 e. The lowest BCUT2D eigenvalue weighted by Gasteiger charge is -2.33. The number of aromatic hydroxyl groups is 1. The Bertz CT molecular complexity index is 1160. The van der Waals surface area contributed by atoms with Gasteiger partial charge in [0.05, 0.1) is 23.1 Å². The van der Waals surface area contributed by atoms with Crippen LogP contribution < -0.4 is 4.74 Å². The molecule has 1 amide bonds. The van der Waals surface area contributed by atoms with Gasteiger partial charge in [0.25, 0.3) is 0 Å². The van der Waals surface area contributed by atoms with Gasteiger partial charge in [0.2, 0.25) is 5.88 Å². The van der Waals surface area contributed by atoms with Crippen LogP contribution in [0.5, 0.6) is 11.6 Å². The zero-order valence-corrected chi connectivity index (χ0v) is 20.6. The first kappa shape index (κ1) is 23.4. The summed E-state index contributed by atoms with van der Waals surface area (Å²) >= 11 is 7.01. The van der Waals surface area contributed by atoms with Crippen molar-refractivity contribution in [3.63, 3.8) is 0 Å². The fourth-order valence-electron chi connectivity index (χ4n) is 3.77. The molecule has 11 heteroatoms. The number of ether oxygens (including phenoxy) is 1. The number of imidazole rings is 1. The molecule has 9 nitrogen and oxygen atoms in total. The minimum atomic E-state index is -0.384. The first-order chi connectivity index (χ1) is 15.8. The summed E-state index contributed by atoms with van der Waals surface area (Å²) in [5, 5.41) is 10.5. The van der Waals surface area contributed by atoms with Crippen molar-refractivity contribution in [3.8, 4) is 17.4 Å². The third kappa shape index (κ3) is 5.26. The fraction of sp³-hybridized carbons (Fsp3) is 0.455. The molecule has 0 atom stereocenters. The van der Waals surface area contributed by atoms with Crippen molar-refractivity contribution in [2.24, 2.45) is 0 Å². The second-order valence-corrected chi connectivity index (χ2v) is 9.64. The van der Waals surface area contributed by atoms with Crippen molar-refractivity contribution in [2.75, 3.05) is 32.7 Å². The SMILES string of the molecule is Cc1ncsc1CCN1CCN(C(=O)Oc2ccc(-n3c(O)c(C(C)C)[nH]c3=S)nc2)CC1. The van der Waals surface area contributed by atoms with Gasteiger partial charge in [-0.25, -0.2) is 19.3 Å². The molecule has 1 fully saturated rings. The van der Waals surface area contributed by atoms with Gasteiger partial charge in [0.1, 0.15) is 5.82 Å². The van der Waals surface area contributed by atoms with Crippen LogP contribution in [0.2, 0.25) is 0 Å². The highest BCUT2D eigenvalue weighted by atomic mass is 32.1. The number of nitrogens with one attached hydrogen (secondary N) is 1. The summed E-state index contributed by atoms with van der Waals surface area (Å²) in [6, 6.07) is 3.31. The summed E-state index contributed by atoms with van der Waals surface area (Å²) in [6.45, 7) is 9.79. The standard InChI is InChI=1S/C22H28N6O3S2/c1-14(2)19-20(29)28(21(32)25-19)18-5-4-16(12-23-18)31-22(30)27-10-8-26(9-11-27)7-6-17-15(3)24-13-33-17/h4-5,12-14,29H,6-11H2,1-3H3,(H,25,32). The third-order valence-electron chi connectivity index (χ3n) is 5.76. The van der Waals surface area contributed by atoms with Crippen LogP contribution in [0.1, 0.15) is 36.0 Å². The van der Waals surface area contributed by atoms with Crippen molar-refractivity contribution in [3.05, 3.63) is 44.9 Å². The molecular weight excluding hydrogens is 460 g/mol. The lowest BCUT2D eigenvalue weighted by molar-refractivity contribution is 0.111. The Hall–Kier alpha value is -2.76. The average Bonchev–Trinajstić information content (AvgIpc) is 3.35. The minimum absolute atomic E-state index is 0.0376. The van der Waals surface area contributed by atoms with Crippen LogP contribution in [-0.2, 0) is 6.42 Å². The fourth-order valence-corrected chi connectivity index (χ4v) is 4.83. The molecule has 176 valence electrons. The molecular formula is C22H28N6O3S2. The number of aryl methyl sites for hydroxylation is 1. The Morgan fingerprint density at radius 1 is 1.27 bits per heavy atom. The number of hydrogen-bond donors (Lipinski definition) is 2. The minimum Gasteiger partial charge on any atom is -0.493 e. The lowest BCUT2D eigenvalue weighted by atomic mass is 10.1. The number of aromatic nitrogens is 4. The van der Waals surface area contributed by atoms with Crippen LogP contribution in [0.15, 0.2) is 23.8 Å². The van der Waals surface area contributed by atoms with E-state index in [9.17, 15) is 9.90 Å². The highest BCUT2D eigenvalue weighted by Crippen LogP contribution is 2.27. The Kier molecular flexibility index (Phi) is 7.11. The van der Waals surface area contributed by atoms with E-state index in [-0.39, 0.29) is 17.9 Å². The van der Waals surface area contributed by atoms with Gasteiger partial charge in [0.15, 0.2) is 10.5 Å². The molecule has 0 unspecified atom stereocenters. The summed E-state index contributed by atoms with van der Waals surface area (Å²) < 4.78 is 7.33. The van der Waals surface area contributed by atoms with Crippen molar-refractivity contribution < 1.29 is 14.6 Å². The number of hydrogen-bond acceptors (Lipinski definition) is 8. The molecule has 3 aromatic heterocycles. The molecule has 33 heavy (non-hydrogen) atoms. The van der Waals surface area contributed by atoms with Crippen LogP contribution in [-0.4, -0.2) is 73.2 Å². The number of piperazine rings is 1. The maximum Gasteiger partial charge on any atom is 0.415 e. The van der Waals surface area contributed by atoms with Crippen LogP contribution in [0.25, 0.3) is 5.82 Å². The van der Waals surface area contributed by atoms with E-state index in [4.69, 9.17) is 17.0 Å². The van der Waals surface area contributed by atoms with Gasteiger partial charge in [0, 0.05) is 37.6 Å². The van der Waals surface area contributed by atoms with E-state index in [0.29, 0.717) is 35.1 Å².